The number of anilines is 2. The van der Waals surface area contributed by atoms with Crippen LogP contribution in [-0.4, -0.2) is 56.2 Å². The molecular formula is C23H23N7O7. The van der Waals surface area contributed by atoms with Crippen LogP contribution in [0.15, 0.2) is 36.7 Å². The number of hydroxylamine groups is 2. The molecule has 3 heterocycles. The second-order valence-electron chi connectivity index (χ2n) is 7.88. The number of nitriles is 1. The SMILES string of the molecule is Cn1cc(NC(=O)c2cc(NC(=O)/C=C/C(=O)ON3C(=O)CCC3=O)cn2C)cc1C(=O)NCCC#N. The Bertz CT molecular complexity index is 1330. The molecule has 3 N–H and O–H groups in total. The lowest BCUT2D eigenvalue weighted by atomic mass is 10.3. The highest BCUT2D eigenvalue weighted by molar-refractivity contribution is 6.07. The molecule has 0 spiro atoms. The summed E-state index contributed by atoms with van der Waals surface area (Å²) < 4.78 is 2.99. The lowest BCUT2D eigenvalue weighted by molar-refractivity contribution is -0.193. The van der Waals surface area contributed by atoms with Crippen LogP contribution in [0.3, 0.4) is 0 Å². The van der Waals surface area contributed by atoms with Gasteiger partial charge >= 0.3 is 5.97 Å². The highest BCUT2D eigenvalue weighted by Crippen LogP contribution is 2.18. The lowest BCUT2D eigenvalue weighted by Crippen LogP contribution is -2.31. The Kier molecular flexibility index (Phi) is 8.20. The molecule has 3 rings (SSSR count). The Labute approximate surface area is 210 Å². The Morgan fingerprint density at radius 1 is 0.946 bits per heavy atom. The van der Waals surface area contributed by atoms with Gasteiger partial charge in [0.1, 0.15) is 11.4 Å². The lowest BCUT2D eigenvalue weighted by Gasteiger charge is -2.10. The molecule has 37 heavy (non-hydrogen) atoms. The maximum atomic E-state index is 12.7. The topological polar surface area (TPSA) is 185 Å². The van der Waals surface area contributed by atoms with Crippen molar-refractivity contribution in [3.8, 4) is 6.07 Å². The maximum Gasteiger partial charge on any atom is 0.356 e. The molecule has 0 atom stereocenters. The molecule has 0 bridgehead atoms. The van der Waals surface area contributed by atoms with Gasteiger partial charge in [-0.3, -0.25) is 24.0 Å². The highest BCUT2D eigenvalue weighted by atomic mass is 16.7. The monoisotopic (exact) mass is 509 g/mol. The third-order valence-corrected chi connectivity index (χ3v) is 5.08. The smallest absolute Gasteiger partial charge is 0.350 e. The van der Waals surface area contributed by atoms with E-state index in [1.54, 1.807) is 20.3 Å². The summed E-state index contributed by atoms with van der Waals surface area (Å²) in [5, 5.41) is 16.7. The zero-order chi connectivity index (χ0) is 27.1. The van der Waals surface area contributed by atoms with Crippen LogP contribution in [0.2, 0.25) is 0 Å². The molecular weight excluding hydrogens is 486 g/mol. The number of aryl methyl sites for hydroxylation is 2. The average molecular weight is 509 g/mol. The van der Waals surface area contributed by atoms with Crippen molar-refractivity contribution >= 4 is 46.9 Å². The van der Waals surface area contributed by atoms with Crippen LogP contribution in [0.4, 0.5) is 11.4 Å². The molecule has 2 aromatic heterocycles. The first-order valence-corrected chi connectivity index (χ1v) is 10.9. The number of carbonyl (C=O) groups excluding carboxylic acids is 6. The second-order valence-corrected chi connectivity index (χ2v) is 7.88. The molecule has 1 aliphatic heterocycles. The molecule has 1 aliphatic rings. The van der Waals surface area contributed by atoms with Crippen molar-refractivity contribution in [3.05, 3.63) is 48.1 Å². The molecule has 5 amide bonds. The normalized spacial score (nSPS) is 12.9. The van der Waals surface area contributed by atoms with Crippen LogP contribution in [-0.2, 0) is 38.1 Å². The van der Waals surface area contributed by atoms with Gasteiger partial charge in [-0.25, -0.2) is 4.79 Å². The molecule has 1 saturated heterocycles. The van der Waals surface area contributed by atoms with E-state index < -0.39 is 35.5 Å². The molecule has 0 aliphatic carbocycles. The quantitative estimate of drug-likeness (QED) is 0.246. The number of amides is 5. The third-order valence-electron chi connectivity index (χ3n) is 5.08. The molecule has 14 heteroatoms. The number of aromatic nitrogens is 2. The van der Waals surface area contributed by atoms with E-state index in [1.807, 2.05) is 6.07 Å². The summed E-state index contributed by atoms with van der Waals surface area (Å²) in [6.45, 7) is 0.203. The standard InChI is InChI=1S/C23H23N7O7/c1-28-13-15(11-16(28)22(35)25-9-3-8-24)27-23(36)17-10-14(12-29(17)2)26-18(31)4-7-21(34)37-30-19(32)5-6-20(30)33/h4,7,10-13H,3,5-6,9H2,1-2H3,(H,25,35)(H,26,31)(H,27,36)/b7-4+. The Morgan fingerprint density at radius 3 is 2.11 bits per heavy atom. The first-order valence-electron chi connectivity index (χ1n) is 10.9. The summed E-state index contributed by atoms with van der Waals surface area (Å²) in [6.07, 6.45) is 4.71. The largest absolute Gasteiger partial charge is 0.356 e. The number of rotatable bonds is 9. The predicted octanol–water partition coefficient (Wildman–Crippen LogP) is 0.361. The van der Waals surface area contributed by atoms with Crippen molar-refractivity contribution < 1.29 is 33.6 Å². The molecule has 1 fully saturated rings. The van der Waals surface area contributed by atoms with E-state index in [-0.39, 0.29) is 42.9 Å². The van der Waals surface area contributed by atoms with Gasteiger partial charge in [-0.1, -0.05) is 0 Å². The third kappa shape index (κ3) is 6.69. The van der Waals surface area contributed by atoms with E-state index in [4.69, 9.17) is 5.26 Å². The minimum Gasteiger partial charge on any atom is -0.350 e. The number of hydrogen-bond acceptors (Lipinski definition) is 8. The molecule has 0 unspecified atom stereocenters. The summed E-state index contributed by atoms with van der Waals surface area (Å²) in [4.78, 5) is 76.4. The first kappa shape index (κ1) is 26.4. The van der Waals surface area contributed by atoms with Gasteiger partial charge in [0.2, 0.25) is 5.91 Å². The van der Waals surface area contributed by atoms with E-state index in [0.29, 0.717) is 10.8 Å². The van der Waals surface area contributed by atoms with Gasteiger partial charge in [0.05, 0.1) is 23.9 Å². The summed E-state index contributed by atoms with van der Waals surface area (Å²) in [5.41, 5.74) is 1.10. The fourth-order valence-electron chi connectivity index (χ4n) is 3.34. The average Bonchev–Trinajstić information content (AvgIpc) is 3.49. The minimum absolute atomic E-state index is 0.0512. The summed E-state index contributed by atoms with van der Waals surface area (Å²) in [6, 6.07) is 4.82. The minimum atomic E-state index is -1.08. The van der Waals surface area contributed by atoms with Gasteiger partial charge < -0.3 is 29.9 Å². The molecule has 14 nitrogen and oxygen atoms in total. The fourth-order valence-corrected chi connectivity index (χ4v) is 3.34. The van der Waals surface area contributed by atoms with Crippen LogP contribution in [0.1, 0.15) is 40.2 Å². The van der Waals surface area contributed by atoms with Crippen molar-refractivity contribution in [1.29, 1.82) is 5.26 Å². The number of imide groups is 1. The number of nitrogens with zero attached hydrogens (tertiary/aromatic N) is 4. The van der Waals surface area contributed by atoms with Gasteiger partial charge in [0.25, 0.3) is 23.6 Å². The van der Waals surface area contributed by atoms with Crippen molar-refractivity contribution in [2.75, 3.05) is 17.2 Å². The zero-order valence-corrected chi connectivity index (χ0v) is 19.9. The predicted molar refractivity (Wildman–Crippen MR) is 126 cm³/mol. The summed E-state index contributed by atoms with van der Waals surface area (Å²) in [5.74, 6) is -3.98. The van der Waals surface area contributed by atoms with Crippen LogP contribution >= 0.6 is 0 Å². The van der Waals surface area contributed by atoms with Crippen LogP contribution < -0.4 is 16.0 Å². The maximum absolute atomic E-state index is 12.7. The Hall–Kier alpha value is -5.19. The molecule has 0 saturated carbocycles. The van der Waals surface area contributed by atoms with Crippen LogP contribution in [0.5, 0.6) is 0 Å². The number of carbonyl (C=O) groups is 6. The van der Waals surface area contributed by atoms with Gasteiger partial charge in [0, 0.05) is 58.0 Å². The molecule has 192 valence electrons. The fraction of sp³-hybridized carbons (Fsp3) is 0.261. The Balaban J connectivity index is 1.57. The summed E-state index contributed by atoms with van der Waals surface area (Å²) >= 11 is 0. The van der Waals surface area contributed by atoms with E-state index in [1.165, 1.54) is 27.5 Å². The van der Waals surface area contributed by atoms with E-state index in [2.05, 4.69) is 20.8 Å². The van der Waals surface area contributed by atoms with Crippen LogP contribution in [0, 0.1) is 11.3 Å². The van der Waals surface area contributed by atoms with Crippen molar-refractivity contribution in [2.24, 2.45) is 14.1 Å². The second kappa shape index (κ2) is 11.5. The highest BCUT2D eigenvalue weighted by Gasteiger charge is 2.32. The number of nitrogens with one attached hydrogen (secondary N) is 3. The van der Waals surface area contributed by atoms with Gasteiger partial charge in [-0.2, -0.15) is 5.26 Å². The van der Waals surface area contributed by atoms with Gasteiger partial charge in [-0.15, -0.1) is 5.06 Å². The molecule has 2 aromatic rings. The Morgan fingerprint density at radius 2 is 1.51 bits per heavy atom. The van der Waals surface area contributed by atoms with E-state index >= 15 is 0 Å². The number of hydrogen-bond donors (Lipinski definition) is 3. The molecule has 0 aromatic carbocycles. The van der Waals surface area contributed by atoms with Crippen molar-refractivity contribution in [3.63, 3.8) is 0 Å². The van der Waals surface area contributed by atoms with Crippen molar-refractivity contribution in [1.82, 2.24) is 19.5 Å². The van der Waals surface area contributed by atoms with Crippen LogP contribution in [0.25, 0.3) is 0 Å². The van der Waals surface area contributed by atoms with E-state index in [0.717, 1.165) is 12.2 Å². The van der Waals surface area contributed by atoms with E-state index in [9.17, 15) is 28.8 Å². The molecule has 0 radical (unpaired) electrons. The van der Waals surface area contributed by atoms with Gasteiger partial charge in [-0.05, 0) is 12.1 Å². The van der Waals surface area contributed by atoms with Crippen molar-refractivity contribution in [2.45, 2.75) is 19.3 Å². The zero-order valence-electron chi connectivity index (χ0n) is 19.9. The first-order chi connectivity index (χ1) is 17.6. The summed E-state index contributed by atoms with van der Waals surface area (Å²) in [7, 11) is 3.22. The van der Waals surface area contributed by atoms with Gasteiger partial charge in [0.15, 0.2) is 0 Å².